The van der Waals surface area contributed by atoms with Crippen LogP contribution >= 0.6 is 34.9 Å². The summed E-state index contributed by atoms with van der Waals surface area (Å²) in [6.07, 6.45) is 1.31. The monoisotopic (exact) mass is 539 g/mol. The summed E-state index contributed by atoms with van der Waals surface area (Å²) in [5.41, 5.74) is 5.97. The molecular formula is C17H17N9O6S3. The minimum atomic E-state index is -1.23. The van der Waals surface area contributed by atoms with Gasteiger partial charge in [0.2, 0.25) is 0 Å². The minimum absolute atomic E-state index is 0.103. The SMILES string of the molecule is CN(C(=O)O/N=C/C(=O)NC1C(=O)N2C(C(=O)O)=C(CSc3cn[nH]n3)CSC12)c1csc(N)n1. The Morgan fingerprint density at radius 2 is 2.31 bits per heavy atom. The second-order valence-corrected chi connectivity index (χ2v) is 9.94. The Bertz CT molecular complexity index is 1210. The summed E-state index contributed by atoms with van der Waals surface area (Å²) in [6, 6.07) is -0.950. The van der Waals surface area contributed by atoms with Crippen molar-refractivity contribution in [2.45, 2.75) is 16.4 Å². The number of carbonyl (C=O) groups excluding carboxylic acids is 3. The number of anilines is 2. The first-order valence-corrected chi connectivity index (χ1v) is 12.6. The molecule has 0 spiro atoms. The van der Waals surface area contributed by atoms with E-state index < -0.39 is 35.3 Å². The topological polar surface area (TPSA) is 209 Å². The van der Waals surface area contributed by atoms with Gasteiger partial charge in [0.1, 0.15) is 28.4 Å². The van der Waals surface area contributed by atoms with Gasteiger partial charge in [0.05, 0.1) is 6.20 Å². The van der Waals surface area contributed by atoms with Crippen LogP contribution in [0.4, 0.5) is 15.7 Å². The number of thioether (sulfide) groups is 2. The van der Waals surface area contributed by atoms with Gasteiger partial charge in [-0.25, -0.2) is 14.6 Å². The van der Waals surface area contributed by atoms with Crippen LogP contribution in [-0.2, 0) is 19.2 Å². The molecule has 0 aliphatic carbocycles. The van der Waals surface area contributed by atoms with Crippen LogP contribution in [-0.4, -0.2) is 90.5 Å². The van der Waals surface area contributed by atoms with Crippen molar-refractivity contribution in [2.75, 3.05) is 29.2 Å². The fraction of sp³-hybridized carbons (Fsp3) is 0.294. The molecule has 2 aromatic heterocycles. The molecule has 2 aromatic rings. The van der Waals surface area contributed by atoms with Crippen molar-refractivity contribution in [1.82, 2.24) is 30.6 Å². The van der Waals surface area contributed by atoms with Gasteiger partial charge in [0.25, 0.3) is 11.8 Å². The lowest BCUT2D eigenvalue weighted by atomic mass is 10.0. The van der Waals surface area contributed by atoms with Crippen molar-refractivity contribution in [1.29, 1.82) is 0 Å². The Kier molecular flexibility index (Phi) is 7.22. The first-order valence-electron chi connectivity index (χ1n) is 9.64. The van der Waals surface area contributed by atoms with E-state index in [9.17, 15) is 24.3 Å². The third-order valence-electron chi connectivity index (χ3n) is 4.76. The van der Waals surface area contributed by atoms with Crippen molar-refractivity contribution in [3.05, 3.63) is 22.8 Å². The quantitative estimate of drug-likeness (QED) is 0.114. The minimum Gasteiger partial charge on any atom is -0.477 e. The maximum absolute atomic E-state index is 12.7. The van der Waals surface area contributed by atoms with E-state index >= 15 is 0 Å². The Morgan fingerprint density at radius 1 is 1.51 bits per heavy atom. The van der Waals surface area contributed by atoms with Crippen LogP contribution < -0.4 is 16.0 Å². The van der Waals surface area contributed by atoms with Crippen LogP contribution in [0.15, 0.2) is 33.0 Å². The predicted octanol–water partition coefficient (Wildman–Crippen LogP) is -0.0671. The van der Waals surface area contributed by atoms with Gasteiger partial charge in [-0.1, -0.05) is 16.9 Å². The van der Waals surface area contributed by atoms with Gasteiger partial charge in [-0.15, -0.1) is 28.2 Å². The Hall–Kier alpha value is -3.64. The zero-order valence-corrected chi connectivity index (χ0v) is 20.2. The van der Waals surface area contributed by atoms with Crippen LogP contribution in [0.2, 0.25) is 0 Å². The second kappa shape index (κ2) is 10.3. The average molecular weight is 540 g/mol. The zero-order chi connectivity index (χ0) is 25.1. The van der Waals surface area contributed by atoms with E-state index in [0.717, 1.165) is 21.1 Å². The number of aromatic amines is 1. The van der Waals surface area contributed by atoms with Crippen molar-refractivity contribution < 1.29 is 29.1 Å². The van der Waals surface area contributed by atoms with E-state index in [1.54, 1.807) is 5.38 Å². The molecule has 0 radical (unpaired) electrons. The highest BCUT2D eigenvalue weighted by Gasteiger charge is 2.54. The fourth-order valence-electron chi connectivity index (χ4n) is 3.11. The normalized spacial score (nSPS) is 19.3. The molecule has 0 saturated carbocycles. The number of β-lactam (4-membered cyclic amide) rings is 1. The maximum atomic E-state index is 12.7. The van der Waals surface area contributed by atoms with Gasteiger partial charge in [-0.05, 0) is 5.57 Å². The molecule has 18 heteroatoms. The molecule has 184 valence electrons. The maximum Gasteiger partial charge on any atom is 0.441 e. The van der Waals surface area contributed by atoms with Crippen molar-refractivity contribution >= 4 is 75.9 Å². The van der Waals surface area contributed by atoms with Crippen LogP contribution in [0.25, 0.3) is 0 Å². The number of hydrogen-bond acceptors (Lipinski definition) is 13. The van der Waals surface area contributed by atoms with E-state index in [0.29, 0.717) is 28.3 Å². The summed E-state index contributed by atoms with van der Waals surface area (Å²) < 4.78 is 0. The van der Waals surface area contributed by atoms with Gasteiger partial charge in [-0.3, -0.25) is 24.2 Å². The summed E-state index contributed by atoms with van der Waals surface area (Å²) in [7, 11) is 1.39. The molecule has 2 aliphatic rings. The van der Waals surface area contributed by atoms with Crippen LogP contribution in [0.5, 0.6) is 0 Å². The number of fused-ring (bicyclic) bond motifs is 1. The van der Waals surface area contributed by atoms with E-state index in [4.69, 9.17) is 5.73 Å². The number of hydrogen-bond donors (Lipinski definition) is 4. The number of nitrogen functional groups attached to an aromatic ring is 1. The summed E-state index contributed by atoms with van der Waals surface area (Å²) in [5.74, 6) is -1.66. The number of nitrogens with two attached hydrogens (primary N) is 1. The number of thiazole rings is 1. The Morgan fingerprint density at radius 3 is 2.97 bits per heavy atom. The molecular weight excluding hydrogens is 522 g/mol. The highest BCUT2D eigenvalue weighted by molar-refractivity contribution is 8.01. The molecule has 0 aromatic carbocycles. The number of carboxylic acid groups (broad SMARTS) is 1. The van der Waals surface area contributed by atoms with E-state index in [1.165, 1.54) is 36.8 Å². The largest absolute Gasteiger partial charge is 0.477 e. The summed E-state index contributed by atoms with van der Waals surface area (Å²) in [6.45, 7) is 0. The molecule has 4 heterocycles. The first-order chi connectivity index (χ1) is 16.8. The van der Waals surface area contributed by atoms with E-state index in [2.05, 4.69) is 35.7 Å². The Labute approximate surface area is 209 Å². The second-order valence-electron chi connectivity index (χ2n) is 6.94. The van der Waals surface area contributed by atoms with Crippen LogP contribution in [0.1, 0.15) is 0 Å². The summed E-state index contributed by atoms with van der Waals surface area (Å²) in [5, 5.41) is 27.4. The lowest BCUT2D eigenvalue weighted by Gasteiger charge is -2.49. The molecule has 0 bridgehead atoms. The van der Waals surface area contributed by atoms with Crippen LogP contribution in [0.3, 0.4) is 0 Å². The third-order valence-corrected chi connectivity index (χ3v) is 7.75. The smallest absolute Gasteiger partial charge is 0.441 e. The number of aromatic nitrogens is 4. The predicted molar refractivity (Wildman–Crippen MR) is 127 cm³/mol. The summed E-state index contributed by atoms with van der Waals surface area (Å²) in [4.78, 5) is 59.5. The van der Waals surface area contributed by atoms with Crippen molar-refractivity contribution in [3.63, 3.8) is 0 Å². The number of amides is 3. The van der Waals surface area contributed by atoms with E-state index in [-0.39, 0.29) is 16.6 Å². The van der Waals surface area contributed by atoms with Gasteiger partial charge in [0, 0.05) is 23.9 Å². The molecule has 15 nitrogen and oxygen atoms in total. The highest BCUT2D eigenvalue weighted by Crippen LogP contribution is 2.41. The lowest BCUT2D eigenvalue weighted by molar-refractivity contribution is -0.150. The number of rotatable bonds is 8. The molecule has 1 fully saturated rings. The van der Waals surface area contributed by atoms with Gasteiger partial charge in [-0.2, -0.15) is 10.3 Å². The molecule has 5 N–H and O–H groups in total. The van der Waals surface area contributed by atoms with Crippen molar-refractivity contribution in [2.24, 2.45) is 5.16 Å². The molecule has 4 rings (SSSR count). The molecule has 2 atom stereocenters. The molecule has 1 saturated heterocycles. The molecule has 35 heavy (non-hydrogen) atoms. The lowest BCUT2D eigenvalue weighted by Crippen LogP contribution is -2.70. The highest BCUT2D eigenvalue weighted by atomic mass is 32.2. The number of aliphatic carboxylic acids is 1. The van der Waals surface area contributed by atoms with Crippen LogP contribution in [0, 0.1) is 0 Å². The summed E-state index contributed by atoms with van der Waals surface area (Å²) >= 11 is 3.75. The standard InChI is InChI=1S/C17H17N9O6S3/c1-25(8-6-35-16(18)21-8)17(31)32-20-2-9(27)22-11-13(28)26-12(15(29)30)7(5-34-14(11)26)4-33-10-3-19-24-23-10/h2-3,6,11,14H,4-5H2,1H3,(H2,18,21)(H,22,27)(H,29,30)(H,19,23,24)/b20-2+. The van der Waals surface area contributed by atoms with E-state index in [1.807, 2.05) is 0 Å². The zero-order valence-electron chi connectivity index (χ0n) is 17.8. The van der Waals surface area contributed by atoms with Crippen molar-refractivity contribution in [3.8, 4) is 0 Å². The average Bonchev–Trinajstić information content (AvgIpc) is 3.51. The number of nitrogens with one attached hydrogen (secondary N) is 2. The van der Waals surface area contributed by atoms with Gasteiger partial charge in [0.15, 0.2) is 10.9 Å². The third kappa shape index (κ3) is 5.23. The Balaban J connectivity index is 1.32. The molecule has 3 amide bonds. The molecule has 2 aliphatic heterocycles. The number of nitrogens with zero attached hydrogens (tertiary/aromatic N) is 6. The van der Waals surface area contributed by atoms with Gasteiger partial charge < -0.3 is 16.2 Å². The molecule has 2 unspecified atom stereocenters. The van der Waals surface area contributed by atoms with Gasteiger partial charge >= 0.3 is 12.1 Å². The number of H-pyrrole nitrogens is 1. The number of carbonyl (C=O) groups is 4. The first kappa shape index (κ1) is 24.5. The number of oxime groups is 1. The number of carboxylic acids is 1. The fourth-order valence-corrected chi connectivity index (χ4v) is 5.97.